The Kier molecular flexibility index (Phi) is 9.51. The Hall–Kier alpha value is -1.95. The Labute approximate surface area is 193 Å². The fraction of sp³-hybridized carbons (Fsp3) is 0.731. The van der Waals surface area contributed by atoms with Crippen LogP contribution in [0.25, 0.3) is 0 Å². The van der Waals surface area contributed by atoms with E-state index in [2.05, 4.69) is 22.8 Å². The number of unbranched alkanes of at least 4 members (excludes halogenated alkanes) is 4. The first-order valence-electron chi connectivity index (χ1n) is 12.6. The SMILES string of the molecule is COC(=O)[C@H](CCCCCCCc1ccc2c(n1)CCCC2)NC(=O)C1(C)CCNCC1. The van der Waals surface area contributed by atoms with E-state index in [-0.39, 0.29) is 11.9 Å². The molecule has 1 aromatic rings. The predicted octanol–water partition coefficient (Wildman–Crippen LogP) is 3.89. The van der Waals surface area contributed by atoms with Crippen LogP contribution >= 0.6 is 0 Å². The highest BCUT2D eigenvalue weighted by Gasteiger charge is 2.36. The van der Waals surface area contributed by atoms with Crippen LogP contribution in [0.5, 0.6) is 0 Å². The van der Waals surface area contributed by atoms with E-state index in [0.717, 1.165) is 64.5 Å². The van der Waals surface area contributed by atoms with Gasteiger partial charge in [0.05, 0.1) is 7.11 Å². The zero-order chi connectivity index (χ0) is 22.8. The molecule has 32 heavy (non-hydrogen) atoms. The third kappa shape index (κ3) is 7.03. The molecule has 2 aliphatic rings. The zero-order valence-corrected chi connectivity index (χ0v) is 20.0. The third-order valence-electron chi connectivity index (χ3n) is 7.21. The molecule has 1 amide bonds. The first kappa shape index (κ1) is 24.7. The van der Waals surface area contributed by atoms with E-state index in [1.54, 1.807) is 0 Å². The average molecular weight is 444 g/mol. The summed E-state index contributed by atoms with van der Waals surface area (Å²) >= 11 is 0. The Morgan fingerprint density at radius 2 is 1.81 bits per heavy atom. The van der Waals surface area contributed by atoms with Gasteiger partial charge < -0.3 is 15.4 Å². The van der Waals surface area contributed by atoms with Gasteiger partial charge in [0.25, 0.3) is 0 Å². The van der Waals surface area contributed by atoms with Gasteiger partial charge in [-0.3, -0.25) is 9.78 Å². The van der Waals surface area contributed by atoms with Crippen molar-refractivity contribution in [3.05, 3.63) is 29.1 Å². The van der Waals surface area contributed by atoms with E-state index < -0.39 is 11.5 Å². The molecule has 1 aromatic heterocycles. The summed E-state index contributed by atoms with van der Waals surface area (Å²) in [6.45, 7) is 3.68. The second kappa shape index (κ2) is 12.3. The summed E-state index contributed by atoms with van der Waals surface area (Å²) in [6.07, 6.45) is 13.6. The van der Waals surface area contributed by atoms with Gasteiger partial charge in [0.2, 0.25) is 5.91 Å². The number of pyridine rings is 1. The Morgan fingerprint density at radius 1 is 1.09 bits per heavy atom. The van der Waals surface area contributed by atoms with E-state index in [4.69, 9.17) is 9.72 Å². The number of nitrogens with one attached hydrogen (secondary N) is 2. The van der Waals surface area contributed by atoms with Crippen LogP contribution in [0.3, 0.4) is 0 Å². The van der Waals surface area contributed by atoms with Gasteiger partial charge in [-0.1, -0.05) is 38.7 Å². The largest absolute Gasteiger partial charge is 0.467 e. The monoisotopic (exact) mass is 443 g/mol. The minimum Gasteiger partial charge on any atom is -0.467 e. The number of carbonyl (C=O) groups is 2. The van der Waals surface area contributed by atoms with Crippen molar-refractivity contribution in [2.24, 2.45) is 5.41 Å². The van der Waals surface area contributed by atoms with Gasteiger partial charge >= 0.3 is 5.97 Å². The minimum absolute atomic E-state index is 0.0213. The lowest BCUT2D eigenvalue weighted by Crippen LogP contribution is -2.51. The number of nitrogens with zero attached hydrogens (tertiary/aromatic N) is 1. The van der Waals surface area contributed by atoms with Crippen LogP contribution in [0, 0.1) is 5.41 Å². The molecule has 1 atom stereocenters. The van der Waals surface area contributed by atoms with Crippen molar-refractivity contribution < 1.29 is 14.3 Å². The maximum absolute atomic E-state index is 12.8. The fourth-order valence-corrected chi connectivity index (χ4v) is 4.88. The number of fused-ring (bicyclic) bond motifs is 1. The molecule has 1 aliphatic heterocycles. The van der Waals surface area contributed by atoms with Crippen molar-refractivity contribution in [3.63, 3.8) is 0 Å². The maximum Gasteiger partial charge on any atom is 0.328 e. The number of rotatable bonds is 11. The lowest BCUT2D eigenvalue weighted by molar-refractivity contribution is -0.147. The summed E-state index contributed by atoms with van der Waals surface area (Å²) in [4.78, 5) is 29.9. The topological polar surface area (TPSA) is 80.3 Å². The van der Waals surface area contributed by atoms with Crippen LogP contribution in [0.2, 0.25) is 0 Å². The molecule has 0 spiro atoms. The molecule has 1 aliphatic carbocycles. The van der Waals surface area contributed by atoms with E-state index in [1.165, 1.54) is 49.7 Å². The fourth-order valence-electron chi connectivity index (χ4n) is 4.88. The highest BCUT2D eigenvalue weighted by molar-refractivity contribution is 5.87. The maximum atomic E-state index is 12.8. The average Bonchev–Trinajstić information content (AvgIpc) is 2.82. The molecule has 0 aromatic carbocycles. The standard InChI is InChI=1S/C26H41N3O3/c1-26(16-18-27-19-17-26)25(31)29-23(24(30)32-2)13-7-5-3-4-6-11-21-15-14-20-10-8-9-12-22(20)28-21/h14-15,23,27H,3-13,16-19H2,1-2H3,(H,29,31)/t23-/m0/s1. The second-order valence-electron chi connectivity index (χ2n) is 9.78. The molecule has 0 bridgehead atoms. The van der Waals surface area contributed by atoms with Crippen molar-refractivity contribution >= 4 is 11.9 Å². The van der Waals surface area contributed by atoms with Gasteiger partial charge in [0.1, 0.15) is 6.04 Å². The molecular formula is C26H41N3O3. The van der Waals surface area contributed by atoms with Gasteiger partial charge in [-0.25, -0.2) is 4.79 Å². The molecule has 6 heteroatoms. The Bertz CT molecular complexity index is 759. The molecule has 1 fully saturated rings. The summed E-state index contributed by atoms with van der Waals surface area (Å²) in [6, 6.07) is 3.94. The first-order chi connectivity index (χ1) is 15.5. The molecule has 2 N–H and O–H groups in total. The molecule has 2 heterocycles. The number of hydrogen-bond donors (Lipinski definition) is 2. The van der Waals surface area contributed by atoms with Gasteiger partial charge in [-0.05, 0) is 82.5 Å². The van der Waals surface area contributed by atoms with E-state index in [1.807, 2.05) is 6.92 Å². The number of aromatic nitrogens is 1. The number of esters is 1. The molecule has 0 radical (unpaired) electrons. The van der Waals surface area contributed by atoms with Crippen LogP contribution in [0.15, 0.2) is 12.1 Å². The Balaban J connectivity index is 1.34. The first-order valence-corrected chi connectivity index (χ1v) is 12.6. The number of hydrogen-bond acceptors (Lipinski definition) is 5. The quantitative estimate of drug-likeness (QED) is 0.401. The zero-order valence-electron chi connectivity index (χ0n) is 20.0. The van der Waals surface area contributed by atoms with Crippen LogP contribution in [-0.2, 0) is 33.6 Å². The number of carbonyl (C=O) groups excluding carboxylic acids is 2. The smallest absolute Gasteiger partial charge is 0.328 e. The van der Waals surface area contributed by atoms with Crippen molar-refractivity contribution in [2.75, 3.05) is 20.2 Å². The third-order valence-corrected chi connectivity index (χ3v) is 7.21. The predicted molar refractivity (Wildman–Crippen MR) is 126 cm³/mol. The minimum atomic E-state index is -0.543. The molecule has 3 rings (SSSR count). The van der Waals surface area contributed by atoms with Crippen molar-refractivity contribution in [2.45, 2.75) is 96.4 Å². The van der Waals surface area contributed by atoms with E-state index in [0.29, 0.717) is 6.42 Å². The van der Waals surface area contributed by atoms with Crippen LogP contribution in [0.1, 0.15) is 88.1 Å². The van der Waals surface area contributed by atoms with Gasteiger partial charge in [-0.2, -0.15) is 0 Å². The Morgan fingerprint density at radius 3 is 2.59 bits per heavy atom. The number of ether oxygens (including phenoxy) is 1. The molecule has 0 unspecified atom stereocenters. The highest BCUT2D eigenvalue weighted by Crippen LogP contribution is 2.28. The lowest BCUT2D eigenvalue weighted by atomic mass is 9.80. The lowest BCUT2D eigenvalue weighted by Gasteiger charge is -2.33. The van der Waals surface area contributed by atoms with Crippen molar-refractivity contribution in [3.8, 4) is 0 Å². The summed E-state index contributed by atoms with van der Waals surface area (Å²) in [5, 5.41) is 6.27. The number of piperidine rings is 1. The normalized spacial score (nSPS) is 18.4. The van der Waals surface area contributed by atoms with Gasteiger partial charge in [-0.15, -0.1) is 0 Å². The van der Waals surface area contributed by atoms with Crippen LogP contribution in [0.4, 0.5) is 0 Å². The number of methoxy groups -OCH3 is 1. The molecule has 0 saturated carbocycles. The van der Waals surface area contributed by atoms with Gasteiger partial charge in [0, 0.05) is 16.8 Å². The summed E-state index contributed by atoms with van der Waals surface area (Å²) in [7, 11) is 1.39. The van der Waals surface area contributed by atoms with E-state index in [9.17, 15) is 9.59 Å². The second-order valence-corrected chi connectivity index (χ2v) is 9.78. The molecule has 6 nitrogen and oxygen atoms in total. The van der Waals surface area contributed by atoms with E-state index >= 15 is 0 Å². The van der Waals surface area contributed by atoms with Crippen LogP contribution < -0.4 is 10.6 Å². The number of aryl methyl sites for hydroxylation is 3. The summed E-state index contributed by atoms with van der Waals surface area (Å²) in [5.74, 6) is -0.360. The van der Waals surface area contributed by atoms with Crippen molar-refractivity contribution in [1.29, 1.82) is 0 Å². The van der Waals surface area contributed by atoms with Crippen LogP contribution in [-0.4, -0.2) is 43.1 Å². The molecule has 1 saturated heterocycles. The highest BCUT2D eigenvalue weighted by atomic mass is 16.5. The molecule has 178 valence electrons. The number of amides is 1. The van der Waals surface area contributed by atoms with Crippen molar-refractivity contribution in [1.82, 2.24) is 15.6 Å². The summed E-state index contributed by atoms with van der Waals surface area (Å²) in [5.41, 5.74) is 3.59. The van der Waals surface area contributed by atoms with Gasteiger partial charge in [0.15, 0.2) is 0 Å². The molecular weight excluding hydrogens is 402 g/mol. The summed E-state index contributed by atoms with van der Waals surface area (Å²) < 4.78 is 4.94.